The second kappa shape index (κ2) is 10.9. The SMILES string of the molecule is CC(C)C[C@@H](N)C(=O)N[C@@H](C)C(=O)N[C@@H](CCC(=O)OC(C)(C)C)C(=O)O. The van der Waals surface area contributed by atoms with Gasteiger partial charge < -0.3 is 26.2 Å². The Morgan fingerprint density at radius 2 is 1.59 bits per heavy atom. The van der Waals surface area contributed by atoms with E-state index in [1.165, 1.54) is 6.92 Å². The number of carbonyl (C=O) groups excluding carboxylic acids is 3. The Hall–Kier alpha value is -2.16. The van der Waals surface area contributed by atoms with Gasteiger partial charge in [0.25, 0.3) is 0 Å². The summed E-state index contributed by atoms with van der Waals surface area (Å²) in [5.41, 5.74) is 5.08. The zero-order chi connectivity index (χ0) is 21.4. The van der Waals surface area contributed by atoms with Crippen LogP contribution in [0.1, 0.15) is 60.8 Å². The number of ether oxygens (including phenoxy) is 1. The number of nitrogens with one attached hydrogen (secondary N) is 2. The molecule has 0 saturated heterocycles. The lowest BCUT2D eigenvalue weighted by atomic mass is 10.0. The van der Waals surface area contributed by atoms with Crippen molar-refractivity contribution in [3.05, 3.63) is 0 Å². The molecule has 0 aromatic rings. The van der Waals surface area contributed by atoms with E-state index in [0.29, 0.717) is 6.42 Å². The highest BCUT2D eigenvalue weighted by molar-refractivity contribution is 5.91. The minimum absolute atomic E-state index is 0.122. The lowest BCUT2D eigenvalue weighted by Gasteiger charge is -2.22. The van der Waals surface area contributed by atoms with Crippen LogP contribution in [0.15, 0.2) is 0 Å². The van der Waals surface area contributed by atoms with Gasteiger partial charge in [0.2, 0.25) is 11.8 Å². The van der Waals surface area contributed by atoms with E-state index in [1.807, 2.05) is 13.8 Å². The Balaban J connectivity index is 4.63. The van der Waals surface area contributed by atoms with Crippen molar-refractivity contribution in [2.45, 2.75) is 84.5 Å². The zero-order valence-electron chi connectivity index (χ0n) is 17.0. The molecule has 3 atom stereocenters. The minimum atomic E-state index is -1.28. The van der Waals surface area contributed by atoms with E-state index >= 15 is 0 Å². The number of nitrogens with two attached hydrogens (primary N) is 1. The molecule has 0 rings (SSSR count). The Morgan fingerprint density at radius 1 is 1.04 bits per heavy atom. The smallest absolute Gasteiger partial charge is 0.326 e. The van der Waals surface area contributed by atoms with Crippen molar-refractivity contribution in [1.82, 2.24) is 10.6 Å². The molecule has 9 nitrogen and oxygen atoms in total. The van der Waals surface area contributed by atoms with Crippen molar-refractivity contribution in [3.8, 4) is 0 Å². The average molecular weight is 387 g/mol. The third kappa shape index (κ3) is 11.2. The second-order valence-corrected chi connectivity index (χ2v) is 7.99. The van der Waals surface area contributed by atoms with Gasteiger partial charge in [-0.05, 0) is 46.5 Å². The third-order valence-electron chi connectivity index (χ3n) is 3.49. The van der Waals surface area contributed by atoms with E-state index in [0.717, 1.165) is 0 Å². The van der Waals surface area contributed by atoms with Gasteiger partial charge in [0.05, 0.1) is 6.04 Å². The monoisotopic (exact) mass is 387 g/mol. The molecule has 0 aliphatic carbocycles. The molecule has 2 amide bonds. The first-order valence-corrected chi connectivity index (χ1v) is 9.04. The Bertz CT molecular complexity index is 542. The third-order valence-corrected chi connectivity index (χ3v) is 3.49. The number of rotatable bonds is 10. The number of carboxylic acid groups (broad SMARTS) is 1. The zero-order valence-corrected chi connectivity index (χ0v) is 17.0. The van der Waals surface area contributed by atoms with E-state index in [4.69, 9.17) is 10.5 Å². The lowest BCUT2D eigenvalue weighted by Crippen LogP contribution is -2.53. The number of hydrogen-bond acceptors (Lipinski definition) is 6. The highest BCUT2D eigenvalue weighted by Gasteiger charge is 2.26. The molecule has 0 heterocycles. The van der Waals surface area contributed by atoms with Crippen molar-refractivity contribution in [2.24, 2.45) is 11.7 Å². The first-order valence-electron chi connectivity index (χ1n) is 9.04. The van der Waals surface area contributed by atoms with E-state index in [9.17, 15) is 24.3 Å². The highest BCUT2D eigenvalue weighted by atomic mass is 16.6. The summed E-state index contributed by atoms with van der Waals surface area (Å²) in [5.74, 6) is -2.76. The van der Waals surface area contributed by atoms with Crippen molar-refractivity contribution in [2.75, 3.05) is 0 Å². The van der Waals surface area contributed by atoms with Gasteiger partial charge in [-0.1, -0.05) is 13.8 Å². The summed E-state index contributed by atoms with van der Waals surface area (Å²) in [6, 6.07) is -2.98. The standard InChI is InChI=1S/C18H33N3O6/c1-10(2)9-12(19)16(24)20-11(3)15(23)21-13(17(25)26)7-8-14(22)27-18(4,5)6/h10-13H,7-9,19H2,1-6H3,(H,20,24)(H,21,23)(H,25,26)/t11-,12+,13-/m0/s1. The van der Waals surface area contributed by atoms with Crippen molar-refractivity contribution < 1.29 is 29.0 Å². The molecule has 0 radical (unpaired) electrons. The maximum absolute atomic E-state index is 12.2. The van der Waals surface area contributed by atoms with Crippen LogP contribution in [0.4, 0.5) is 0 Å². The number of aliphatic carboxylic acids is 1. The predicted molar refractivity (Wildman–Crippen MR) is 99.7 cm³/mol. The molecule has 5 N–H and O–H groups in total. The largest absolute Gasteiger partial charge is 0.480 e. The topological polar surface area (TPSA) is 148 Å². The minimum Gasteiger partial charge on any atom is -0.480 e. The van der Waals surface area contributed by atoms with E-state index in [-0.39, 0.29) is 18.8 Å². The van der Waals surface area contributed by atoms with Crippen LogP contribution in [0.5, 0.6) is 0 Å². The summed E-state index contributed by atoms with van der Waals surface area (Å²) in [5, 5.41) is 14.0. The maximum Gasteiger partial charge on any atom is 0.326 e. The van der Waals surface area contributed by atoms with Crippen LogP contribution in [0.2, 0.25) is 0 Å². The van der Waals surface area contributed by atoms with Crippen molar-refractivity contribution in [1.29, 1.82) is 0 Å². The maximum atomic E-state index is 12.2. The number of carboxylic acids is 1. The summed E-state index contributed by atoms with van der Waals surface area (Å²) in [4.78, 5) is 47.2. The Morgan fingerprint density at radius 3 is 2.04 bits per heavy atom. The lowest BCUT2D eigenvalue weighted by molar-refractivity contribution is -0.155. The van der Waals surface area contributed by atoms with E-state index in [2.05, 4.69) is 10.6 Å². The number of hydrogen-bond donors (Lipinski definition) is 4. The summed E-state index contributed by atoms with van der Waals surface area (Å²) >= 11 is 0. The van der Waals surface area contributed by atoms with Gasteiger partial charge in [-0.2, -0.15) is 0 Å². The molecule has 0 fully saturated rings. The molecular weight excluding hydrogens is 354 g/mol. The normalized spacial score (nSPS) is 14.8. The summed E-state index contributed by atoms with van der Waals surface area (Å²) < 4.78 is 5.12. The van der Waals surface area contributed by atoms with Gasteiger partial charge >= 0.3 is 11.9 Å². The van der Waals surface area contributed by atoms with Crippen LogP contribution < -0.4 is 16.4 Å². The van der Waals surface area contributed by atoms with Crippen LogP contribution >= 0.6 is 0 Å². The molecule has 0 aromatic carbocycles. The summed E-state index contributed by atoms with van der Waals surface area (Å²) in [6.45, 7) is 10.4. The van der Waals surface area contributed by atoms with Gasteiger partial charge in [0, 0.05) is 6.42 Å². The summed E-state index contributed by atoms with van der Waals surface area (Å²) in [7, 11) is 0. The Labute approximate surface area is 160 Å². The van der Waals surface area contributed by atoms with E-state index in [1.54, 1.807) is 20.8 Å². The molecule has 0 aliphatic heterocycles. The predicted octanol–water partition coefficient (Wildman–Crippen LogP) is 0.556. The van der Waals surface area contributed by atoms with Gasteiger partial charge in [0.15, 0.2) is 0 Å². The van der Waals surface area contributed by atoms with Gasteiger partial charge in [-0.25, -0.2) is 4.79 Å². The van der Waals surface area contributed by atoms with Crippen LogP contribution in [-0.2, 0) is 23.9 Å². The molecule has 9 heteroatoms. The van der Waals surface area contributed by atoms with Crippen LogP contribution in [0, 0.1) is 5.92 Å². The molecule has 27 heavy (non-hydrogen) atoms. The van der Waals surface area contributed by atoms with Crippen molar-refractivity contribution in [3.63, 3.8) is 0 Å². The van der Waals surface area contributed by atoms with Gasteiger partial charge in [-0.15, -0.1) is 0 Å². The van der Waals surface area contributed by atoms with Gasteiger partial charge in [0.1, 0.15) is 17.7 Å². The molecule has 156 valence electrons. The molecule has 0 bridgehead atoms. The summed E-state index contributed by atoms with van der Waals surface area (Å²) in [6.07, 6.45) is 0.186. The highest BCUT2D eigenvalue weighted by Crippen LogP contribution is 2.10. The first-order chi connectivity index (χ1) is 12.2. The fourth-order valence-corrected chi connectivity index (χ4v) is 2.21. The first kappa shape index (κ1) is 24.8. The quantitative estimate of drug-likeness (QED) is 0.400. The van der Waals surface area contributed by atoms with Crippen LogP contribution in [-0.4, -0.2) is 52.6 Å². The molecule has 0 saturated carbocycles. The number of amides is 2. The molecule has 0 unspecified atom stereocenters. The number of esters is 1. The number of carbonyl (C=O) groups is 4. The molecule has 0 aromatic heterocycles. The molecule has 0 spiro atoms. The van der Waals surface area contributed by atoms with Crippen molar-refractivity contribution >= 4 is 23.8 Å². The average Bonchev–Trinajstić information content (AvgIpc) is 2.48. The second-order valence-electron chi connectivity index (χ2n) is 7.99. The van der Waals surface area contributed by atoms with Crippen LogP contribution in [0.25, 0.3) is 0 Å². The molecular formula is C18H33N3O6. The fraction of sp³-hybridized carbons (Fsp3) is 0.778. The van der Waals surface area contributed by atoms with Crippen LogP contribution in [0.3, 0.4) is 0 Å². The molecule has 0 aliphatic rings. The Kier molecular flexibility index (Phi) is 9.99. The van der Waals surface area contributed by atoms with E-state index < -0.39 is 47.5 Å². The fourth-order valence-electron chi connectivity index (χ4n) is 2.21. The van der Waals surface area contributed by atoms with Gasteiger partial charge in [-0.3, -0.25) is 14.4 Å².